The molecule has 0 aromatic heterocycles. The Kier molecular flexibility index (Phi) is 6.64. The van der Waals surface area contributed by atoms with Crippen LogP contribution in [0.3, 0.4) is 0 Å². The van der Waals surface area contributed by atoms with Crippen molar-refractivity contribution in [2.75, 3.05) is 12.3 Å². The van der Waals surface area contributed by atoms with Gasteiger partial charge in [0.15, 0.2) is 0 Å². The van der Waals surface area contributed by atoms with Crippen LogP contribution in [0.15, 0.2) is 59.5 Å². The Bertz CT molecular complexity index is 557. The number of carbonyl (C=O) groups excluding carboxylic acids is 1. The molecule has 0 atom stereocenters. The van der Waals surface area contributed by atoms with Crippen LogP contribution >= 0.6 is 23.4 Å². The standard InChI is InChI=1S/C17H18ClNOS/c18-15-10-8-14(9-11-15)5-4-12-19-17(20)13-21-16-6-2-1-3-7-16/h1-3,6-11H,4-5,12-13H2,(H,19,20). The first-order valence-electron chi connectivity index (χ1n) is 6.93. The van der Waals surface area contributed by atoms with Gasteiger partial charge in [0.25, 0.3) is 0 Å². The van der Waals surface area contributed by atoms with Gasteiger partial charge >= 0.3 is 0 Å². The number of thioether (sulfide) groups is 1. The maximum atomic E-state index is 11.7. The summed E-state index contributed by atoms with van der Waals surface area (Å²) in [5.74, 6) is 0.547. The van der Waals surface area contributed by atoms with E-state index in [4.69, 9.17) is 11.6 Å². The van der Waals surface area contributed by atoms with Crippen molar-refractivity contribution < 1.29 is 4.79 Å². The molecular weight excluding hydrogens is 302 g/mol. The van der Waals surface area contributed by atoms with Gasteiger partial charge in [-0.05, 0) is 42.7 Å². The molecule has 110 valence electrons. The number of rotatable bonds is 7. The van der Waals surface area contributed by atoms with Crippen LogP contribution in [0.25, 0.3) is 0 Å². The number of aryl methyl sites for hydroxylation is 1. The van der Waals surface area contributed by atoms with E-state index < -0.39 is 0 Å². The van der Waals surface area contributed by atoms with Crippen molar-refractivity contribution in [3.8, 4) is 0 Å². The summed E-state index contributed by atoms with van der Waals surface area (Å²) >= 11 is 7.40. The van der Waals surface area contributed by atoms with E-state index in [0.717, 1.165) is 22.8 Å². The lowest BCUT2D eigenvalue weighted by Crippen LogP contribution is -2.26. The van der Waals surface area contributed by atoms with Crippen LogP contribution in [0, 0.1) is 0 Å². The summed E-state index contributed by atoms with van der Waals surface area (Å²) in [4.78, 5) is 12.8. The largest absolute Gasteiger partial charge is 0.355 e. The number of benzene rings is 2. The maximum absolute atomic E-state index is 11.7. The smallest absolute Gasteiger partial charge is 0.230 e. The summed E-state index contributed by atoms with van der Waals surface area (Å²) in [6.07, 6.45) is 1.88. The van der Waals surface area contributed by atoms with Crippen molar-refractivity contribution in [3.63, 3.8) is 0 Å². The molecule has 0 spiro atoms. The first-order chi connectivity index (χ1) is 10.2. The van der Waals surface area contributed by atoms with E-state index in [-0.39, 0.29) is 5.91 Å². The molecule has 0 bridgehead atoms. The molecule has 2 nitrogen and oxygen atoms in total. The minimum Gasteiger partial charge on any atom is -0.355 e. The molecule has 0 aliphatic heterocycles. The highest BCUT2D eigenvalue weighted by molar-refractivity contribution is 8.00. The SMILES string of the molecule is O=C(CSc1ccccc1)NCCCc1ccc(Cl)cc1. The molecule has 2 rings (SSSR count). The molecule has 0 saturated carbocycles. The number of hydrogen-bond acceptors (Lipinski definition) is 2. The summed E-state index contributed by atoms with van der Waals surface area (Å²) in [5, 5.41) is 3.70. The molecule has 0 saturated heterocycles. The fourth-order valence-corrected chi connectivity index (χ4v) is 2.76. The number of carbonyl (C=O) groups is 1. The second kappa shape index (κ2) is 8.75. The van der Waals surface area contributed by atoms with Crippen molar-refractivity contribution >= 4 is 29.3 Å². The Morgan fingerprint density at radius 2 is 1.76 bits per heavy atom. The predicted octanol–water partition coefficient (Wildman–Crippen LogP) is 4.18. The van der Waals surface area contributed by atoms with Crippen LogP contribution in [-0.2, 0) is 11.2 Å². The Hall–Kier alpha value is -1.45. The Balaban J connectivity index is 1.60. The van der Waals surface area contributed by atoms with Crippen molar-refractivity contribution in [2.45, 2.75) is 17.7 Å². The van der Waals surface area contributed by atoms with Crippen LogP contribution in [0.5, 0.6) is 0 Å². The summed E-state index contributed by atoms with van der Waals surface area (Å²) in [6.45, 7) is 0.705. The fraction of sp³-hybridized carbons (Fsp3) is 0.235. The van der Waals surface area contributed by atoms with E-state index in [1.807, 2.05) is 54.6 Å². The van der Waals surface area contributed by atoms with Crippen LogP contribution in [-0.4, -0.2) is 18.2 Å². The Morgan fingerprint density at radius 3 is 2.48 bits per heavy atom. The Morgan fingerprint density at radius 1 is 1.05 bits per heavy atom. The molecule has 21 heavy (non-hydrogen) atoms. The van der Waals surface area contributed by atoms with Gasteiger partial charge in [0, 0.05) is 16.5 Å². The second-order valence-corrected chi connectivity index (χ2v) is 6.17. The van der Waals surface area contributed by atoms with E-state index in [1.54, 1.807) is 11.8 Å². The van der Waals surface area contributed by atoms with Gasteiger partial charge in [-0.2, -0.15) is 0 Å². The molecule has 4 heteroatoms. The van der Waals surface area contributed by atoms with Crippen LogP contribution in [0.2, 0.25) is 5.02 Å². The van der Waals surface area contributed by atoms with E-state index >= 15 is 0 Å². The molecule has 1 N–H and O–H groups in total. The van der Waals surface area contributed by atoms with Crippen molar-refractivity contribution in [1.29, 1.82) is 0 Å². The number of hydrogen-bond donors (Lipinski definition) is 1. The van der Waals surface area contributed by atoms with Crippen molar-refractivity contribution in [2.24, 2.45) is 0 Å². The molecule has 0 heterocycles. The third-order valence-corrected chi connectivity index (χ3v) is 4.25. The molecule has 2 aromatic carbocycles. The van der Waals surface area contributed by atoms with Gasteiger partial charge in [-0.25, -0.2) is 0 Å². The first kappa shape index (κ1) is 15.9. The summed E-state index contributed by atoms with van der Waals surface area (Å²) < 4.78 is 0. The highest BCUT2D eigenvalue weighted by Gasteiger charge is 2.02. The highest BCUT2D eigenvalue weighted by atomic mass is 35.5. The molecule has 2 aromatic rings. The van der Waals surface area contributed by atoms with Crippen LogP contribution in [0.1, 0.15) is 12.0 Å². The zero-order valence-corrected chi connectivity index (χ0v) is 13.3. The average Bonchev–Trinajstić information content (AvgIpc) is 2.52. The van der Waals surface area contributed by atoms with Gasteiger partial charge in [0.1, 0.15) is 0 Å². The van der Waals surface area contributed by atoms with E-state index in [2.05, 4.69) is 5.32 Å². The summed E-state index contributed by atoms with van der Waals surface area (Å²) in [7, 11) is 0. The average molecular weight is 320 g/mol. The lowest BCUT2D eigenvalue weighted by molar-refractivity contribution is -0.118. The van der Waals surface area contributed by atoms with Gasteiger partial charge in [0.05, 0.1) is 5.75 Å². The molecule has 0 radical (unpaired) electrons. The lowest BCUT2D eigenvalue weighted by Gasteiger charge is -2.05. The van der Waals surface area contributed by atoms with Gasteiger partial charge in [-0.15, -0.1) is 11.8 Å². The summed E-state index contributed by atoms with van der Waals surface area (Å²) in [5.41, 5.74) is 1.24. The van der Waals surface area contributed by atoms with E-state index in [9.17, 15) is 4.79 Å². The topological polar surface area (TPSA) is 29.1 Å². The predicted molar refractivity (Wildman–Crippen MR) is 89.9 cm³/mol. The highest BCUT2D eigenvalue weighted by Crippen LogP contribution is 2.16. The van der Waals surface area contributed by atoms with Gasteiger partial charge in [0.2, 0.25) is 5.91 Å². The number of nitrogens with one attached hydrogen (secondary N) is 1. The number of amides is 1. The maximum Gasteiger partial charge on any atom is 0.230 e. The van der Waals surface area contributed by atoms with Crippen molar-refractivity contribution in [3.05, 3.63) is 65.2 Å². The van der Waals surface area contributed by atoms with Crippen LogP contribution in [0.4, 0.5) is 0 Å². The third kappa shape index (κ3) is 6.23. The molecule has 0 aliphatic rings. The molecule has 0 aliphatic carbocycles. The summed E-state index contributed by atoms with van der Waals surface area (Å²) in [6, 6.07) is 17.8. The minimum atomic E-state index is 0.0833. The third-order valence-electron chi connectivity index (χ3n) is 2.99. The fourth-order valence-electron chi connectivity index (χ4n) is 1.89. The van der Waals surface area contributed by atoms with Crippen LogP contribution < -0.4 is 5.32 Å². The van der Waals surface area contributed by atoms with E-state index in [0.29, 0.717) is 12.3 Å². The van der Waals surface area contributed by atoms with Crippen molar-refractivity contribution in [1.82, 2.24) is 5.32 Å². The monoisotopic (exact) mass is 319 g/mol. The molecule has 1 amide bonds. The van der Waals surface area contributed by atoms with E-state index in [1.165, 1.54) is 5.56 Å². The molecule has 0 unspecified atom stereocenters. The second-order valence-electron chi connectivity index (χ2n) is 4.68. The minimum absolute atomic E-state index is 0.0833. The normalized spacial score (nSPS) is 10.3. The zero-order valence-electron chi connectivity index (χ0n) is 11.7. The van der Waals surface area contributed by atoms with Gasteiger partial charge in [-0.3, -0.25) is 4.79 Å². The molecular formula is C17H18ClNOS. The first-order valence-corrected chi connectivity index (χ1v) is 8.29. The molecule has 0 fully saturated rings. The lowest BCUT2D eigenvalue weighted by atomic mass is 10.1. The quantitative estimate of drug-likeness (QED) is 0.612. The zero-order chi connectivity index (χ0) is 14.9. The van der Waals surface area contributed by atoms with Gasteiger partial charge in [-0.1, -0.05) is 41.9 Å². The van der Waals surface area contributed by atoms with Gasteiger partial charge < -0.3 is 5.32 Å². The number of halogens is 1. The Labute approximate surface area is 134 Å².